The Morgan fingerprint density at radius 1 is 1.30 bits per heavy atom. The molecule has 0 bridgehead atoms. The normalized spacial score (nSPS) is 13.2. The molecule has 3 N–H and O–H groups in total. The molecule has 1 aromatic carbocycles. The third-order valence-electron chi connectivity index (χ3n) is 2.40. The third-order valence-corrected chi connectivity index (χ3v) is 4.03. The number of halogens is 1. The van der Waals surface area contributed by atoms with Gasteiger partial charge in [0.2, 0.25) is 0 Å². The Labute approximate surface area is 126 Å². The monoisotopic (exact) mass is 364 g/mol. The van der Waals surface area contributed by atoms with E-state index in [9.17, 15) is 13.2 Å². The molecule has 8 heteroatoms. The van der Waals surface area contributed by atoms with Gasteiger partial charge in [-0.05, 0) is 36.6 Å². The van der Waals surface area contributed by atoms with Gasteiger partial charge < -0.3 is 5.11 Å². The smallest absolute Gasteiger partial charge is 0.321 e. The first-order valence-electron chi connectivity index (χ1n) is 5.98. The molecule has 0 heterocycles. The van der Waals surface area contributed by atoms with Crippen LogP contribution in [-0.2, 0) is 15.0 Å². The van der Waals surface area contributed by atoms with Gasteiger partial charge in [0.25, 0.3) is 10.2 Å². The molecule has 1 aromatic rings. The Kier molecular flexibility index (Phi) is 5.97. The fourth-order valence-corrected chi connectivity index (χ4v) is 2.90. The third kappa shape index (κ3) is 5.89. The maximum atomic E-state index is 11.9. The number of rotatable bonds is 7. The fourth-order valence-electron chi connectivity index (χ4n) is 1.56. The van der Waals surface area contributed by atoms with Gasteiger partial charge in [0.1, 0.15) is 6.04 Å². The van der Waals surface area contributed by atoms with Gasteiger partial charge in [0.05, 0.1) is 0 Å². The van der Waals surface area contributed by atoms with E-state index in [4.69, 9.17) is 5.11 Å². The molecule has 0 aliphatic heterocycles. The standard InChI is InChI=1S/C12H17BrN2O4S/c1-8(2)7-11(12(16)17)15-20(18,19)14-10-5-3-9(13)4-6-10/h3-6,8,11,14-15H,7H2,1-2H3,(H,16,17). The number of carbonyl (C=O) groups is 1. The maximum Gasteiger partial charge on any atom is 0.321 e. The Bertz CT molecular complexity index is 557. The van der Waals surface area contributed by atoms with Crippen molar-refractivity contribution in [2.24, 2.45) is 5.92 Å². The average molecular weight is 365 g/mol. The summed E-state index contributed by atoms with van der Waals surface area (Å²) in [5.74, 6) is -1.13. The maximum absolute atomic E-state index is 11.9. The molecule has 1 rings (SSSR count). The molecule has 0 aliphatic rings. The number of nitrogens with one attached hydrogen (secondary N) is 2. The van der Waals surface area contributed by atoms with Crippen LogP contribution >= 0.6 is 15.9 Å². The molecule has 20 heavy (non-hydrogen) atoms. The fraction of sp³-hybridized carbons (Fsp3) is 0.417. The van der Waals surface area contributed by atoms with Crippen LogP contribution in [0.2, 0.25) is 0 Å². The molecule has 0 saturated carbocycles. The van der Waals surface area contributed by atoms with Gasteiger partial charge in [-0.1, -0.05) is 29.8 Å². The van der Waals surface area contributed by atoms with Crippen LogP contribution in [0.3, 0.4) is 0 Å². The van der Waals surface area contributed by atoms with Crippen LogP contribution in [0.25, 0.3) is 0 Å². The molecule has 112 valence electrons. The van der Waals surface area contributed by atoms with Gasteiger partial charge >= 0.3 is 5.97 Å². The van der Waals surface area contributed by atoms with Gasteiger partial charge in [-0.25, -0.2) is 0 Å². The highest BCUT2D eigenvalue weighted by Crippen LogP contribution is 2.15. The van der Waals surface area contributed by atoms with Crippen molar-refractivity contribution in [3.63, 3.8) is 0 Å². The Morgan fingerprint density at radius 2 is 1.85 bits per heavy atom. The van der Waals surface area contributed by atoms with Crippen LogP contribution in [-0.4, -0.2) is 25.5 Å². The van der Waals surface area contributed by atoms with E-state index >= 15 is 0 Å². The molecule has 6 nitrogen and oxygen atoms in total. The Morgan fingerprint density at radius 3 is 2.30 bits per heavy atom. The Hall–Kier alpha value is -1.12. The summed E-state index contributed by atoms with van der Waals surface area (Å²) < 4.78 is 29.0. The number of anilines is 1. The largest absolute Gasteiger partial charge is 0.480 e. The molecule has 0 aromatic heterocycles. The van der Waals surface area contributed by atoms with Gasteiger partial charge in [0, 0.05) is 10.2 Å². The lowest BCUT2D eigenvalue weighted by Gasteiger charge is -2.17. The molecule has 0 spiro atoms. The summed E-state index contributed by atoms with van der Waals surface area (Å²) in [7, 11) is -3.93. The van der Waals surface area contributed by atoms with Gasteiger partial charge in [0.15, 0.2) is 0 Å². The van der Waals surface area contributed by atoms with Gasteiger partial charge in [-0.2, -0.15) is 13.1 Å². The van der Waals surface area contributed by atoms with Crippen molar-refractivity contribution in [1.82, 2.24) is 4.72 Å². The van der Waals surface area contributed by atoms with Crippen LogP contribution in [0.5, 0.6) is 0 Å². The van der Waals surface area contributed by atoms with Crippen molar-refractivity contribution < 1.29 is 18.3 Å². The SMILES string of the molecule is CC(C)CC(NS(=O)(=O)Nc1ccc(Br)cc1)C(=O)O. The van der Waals surface area contributed by atoms with E-state index in [1.807, 2.05) is 13.8 Å². The van der Waals surface area contributed by atoms with Crippen molar-refractivity contribution in [1.29, 1.82) is 0 Å². The predicted molar refractivity (Wildman–Crippen MR) is 80.7 cm³/mol. The van der Waals surface area contributed by atoms with E-state index in [-0.39, 0.29) is 12.3 Å². The number of aliphatic carboxylic acids is 1. The van der Waals surface area contributed by atoms with Crippen molar-refractivity contribution >= 4 is 37.8 Å². The average Bonchev–Trinajstić information content (AvgIpc) is 2.30. The summed E-state index contributed by atoms with van der Waals surface area (Å²) in [5, 5.41) is 9.03. The number of carboxylic acids is 1. The molecular weight excluding hydrogens is 348 g/mol. The van der Waals surface area contributed by atoms with E-state index in [1.54, 1.807) is 24.3 Å². The first kappa shape index (κ1) is 16.9. The van der Waals surface area contributed by atoms with Gasteiger partial charge in [-0.15, -0.1) is 0 Å². The van der Waals surface area contributed by atoms with E-state index in [2.05, 4.69) is 25.4 Å². The van der Waals surface area contributed by atoms with Gasteiger partial charge in [-0.3, -0.25) is 9.52 Å². The zero-order valence-corrected chi connectivity index (χ0v) is 13.5. The van der Waals surface area contributed by atoms with Crippen molar-refractivity contribution in [2.45, 2.75) is 26.3 Å². The highest BCUT2D eigenvalue weighted by atomic mass is 79.9. The molecule has 0 radical (unpaired) electrons. The molecular formula is C12H17BrN2O4S. The topological polar surface area (TPSA) is 95.5 Å². The van der Waals surface area contributed by atoms with Crippen LogP contribution in [0.1, 0.15) is 20.3 Å². The molecule has 1 unspecified atom stereocenters. The van der Waals surface area contributed by atoms with Crippen molar-refractivity contribution in [2.75, 3.05) is 4.72 Å². The van der Waals surface area contributed by atoms with Crippen LogP contribution < -0.4 is 9.44 Å². The lowest BCUT2D eigenvalue weighted by atomic mass is 10.1. The lowest BCUT2D eigenvalue weighted by Crippen LogP contribution is -2.44. The molecule has 0 aliphatic carbocycles. The van der Waals surface area contributed by atoms with E-state index < -0.39 is 22.2 Å². The Balaban J connectivity index is 2.77. The molecule has 0 amide bonds. The second-order valence-corrected chi connectivity index (χ2v) is 7.11. The van der Waals surface area contributed by atoms with E-state index in [0.29, 0.717) is 5.69 Å². The molecule has 1 atom stereocenters. The first-order chi connectivity index (χ1) is 9.19. The predicted octanol–water partition coefficient (Wildman–Crippen LogP) is 2.19. The highest BCUT2D eigenvalue weighted by molar-refractivity contribution is 9.10. The molecule has 0 saturated heterocycles. The van der Waals surface area contributed by atoms with E-state index in [0.717, 1.165) is 4.47 Å². The summed E-state index contributed by atoms with van der Waals surface area (Å²) in [6.07, 6.45) is 0.219. The van der Waals surface area contributed by atoms with E-state index in [1.165, 1.54) is 0 Å². The minimum absolute atomic E-state index is 0.0616. The summed E-state index contributed by atoms with van der Waals surface area (Å²) >= 11 is 3.24. The quantitative estimate of drug-likeness (QED) is 0.690. The number of benzene rings is 1. The summed E-state index contributed by atoms with van der Waals surface area (Å²) in [6, 6.07) is 5.35. The van der Waals surface area contributed by atoms with Crippen molar-refractivity contribution in [3.05, 3.63) is 28.7 Å². The zero-order chi connectivity index (χ0) is 15.3. The van der Waals surface area contributed by atoms with Crippen molar-refractivity contribution in [3.8, 4) is 0 Å². The molecule has 0 fully saturated rings. The van der Waals surface area contributed by atoms with Crippen LogP contribution in [0, 0.1) is 5.92 Å². The summed E-state index contributed by atoms with van der Waals surface area (Å²) in [6.45, 7) is 3.65. The zero-order valence-electron chi connectivity index (χ0n) is 11.1. The lowest BCUT2D eigenvalue weighted by molar-refractivity contribution is -0.139. The van der Waals surface area contributed by atoms with Crippen LogP contribution in [0.4, 0.5) is 5.69 Å². The van der Waals surface area contributed by atoms with Crippen LogP contribution in [0.15, 0.2) is 28.7 Å². The number of carboxylic acid groups (broad SMARTS) is 1. The minimum Gasteiger partial charge on any atom is -0.480 e. The highest BCUT2D eigenvalue weighted by Gasteiger charge is 2.24. The number of hydrogen-bond donors (Lipinski definition) is 3. The summed E-state index contributed by atoms with van der Waals surface area (Å²) in [5.41, 5.74) is 0.356. The number of hydrogen-bond acceptors (Lipinski definition) is 3. The second kappa shape index (κ2) is 7.05. The second-order valence-electron chi connectivity index (χ2n) is 4.75. The summed E-state index contributed by atoms with van der Waals surface area (Å²) in [4.78, 5) is 11.0. The first-order valence-corrected chi connectivity index (χ1v) is 8.25. The minimum atomic E-state index is -3.93.